The number of furan rings is 1. The predicted octanol–water partition coefficient (Wildman–Crippen LogP) is 4.76. The number of carbonyl (C=O) groups excluding carboxylic acids is 1. The number of hydrogen-bond donors (Lipinski definition) is 1. The van der Waals surface area contributed by atoms with E-state index in [1.165, 1.54) is 30.3 Å². The Bertz CT molecular complexity index is 921. The Hall–Kier alpha value is -3.09. The smallest absolute Gasteiger partial charge is 0.291 e. The van der Waals surface area contributed by atoms with Gasteiger partial charge in [0.25, 0.3) is 5.91 Å². The maximum Gasteiger partial charge on any atom is 0.291 e. The number of amides is 1. The van der Waals surface area contributed by atoms with Gasteiger partial charge in [0, 0.05) is 0 Å². The molecule has 0 saturated carbocycles. The van der Waals surface area contributed by atoms with E-state index in [0.717, 1.165) is 6.07 Å². The molecule has 3 nitrogen and oxygen atoms in total. The molecule has 3 aromatic rings. The average molecular weight is 335 g/mol. The van der Waals surface area contributed by atoms with Crippen LogP contribution >= 0.6 is 0 Å². The fourth-order valence-electron chi connectivity index (χ4n) is 2.07. The summed E-state index contributed by atoms with van der Waals surface area (Å²) in [6.45, 7) is 0. The quantitative estimate of drug-likeness (QED) is 0.554. The van der Waals surface area contributed by atoms with Crippen LogP contribution in [0.15, 0.2) is 52.9 Å². The summed E-state index contributed by atoms with van der Waals surface area (Å²) in [6.07, 6.45) is 0. The van der Waals surface area contributed by atoms with Gasteiger partial charge in [0.15, 0.2) is 23.2 Å². The summed E-state index contributed by atoms with van der Waals surface area (Å²) in [4.78, 5) is 12.0. The van der Waals surface area contributed by atoms with Crippen molar-refractivity contribution < 1.29 is 26.8 Å². The predicted molar refractivity (Wildman–Crippen MR) is 78.4 cm³/mol. The molecule has 0 atom stereocenters. The van der Waals surface area contributed by atoms with Crippen LogP contribution in [-0.4, -0.2) is 5.91 Å². The lowest BCUT2D eigenvalue weighted by Crippen LogP contribution is -2.13. The third kappa shape index (κ3) is 2.88. The van der Waals surface area contributed by atoms with E-state index >= 15 is 0 Å². The molecular weight excluding hydrogens is 326 g/mol. The van der Waals surface area contributed by atoms with Crippen molar-refractivity contribution in [1.29, 1.82) is 0 Å². The van der Waals surface area contributed by atoms with Gasteiger partial charge in [-0.3, -0.25) is 4.79 Å². The van der Waals surface area contributed by atoms with Crippen molar-refractivity contribution in [2.45, 2.75) is 0 Å². The van der Waals surface area contributed by atoms with Gasteiger partial charge in [-0.25, -0.2) is 17.6 Å². The maximum absolute atomic E-state index is 13.7. The van der Waals surface area contributed by atoms with Crippen molar-refractivity contribution in [2.75, 3.05) is 5.32 Å². The first kappa shape index (κ1) is 15.8. The van der Waals surface area contributed by atoms with Crippen molar-refractivity contribution in [2.24, 2.45) is 0 Å². The van der Waals surface area contributed by atoms with Crippen LogP contribution in [0.5, 0.6) is 0 Å². The fourth-order valence-corrected chi connectivity index (χ4v) is 2.07. The van der Waals surface area contributed by atoms with Gasteiger partial charge >= 0.3 is 0 Å². The highest BCUT2D eigenvalue weighted by atomic mass is 19.2. The molecule has 0 bridgehead atoms. The van der Waals surface area contributed by atoms with E-state index in [2.05, 4.69) is 5.32 Å². The largest absolute Gasteiger partial charge is 0.451 e. The SMILES string of the molecule is O=C(Nc1ccc(F)c(F)c1F)c1ccc(-c2ccccc2F)o1. The van der Waals surface area contributed by atoms with E-state index in [0.29, 0.717) is 6.07 Å². The number of halogens is 4. The molecule has 0 aliphatic carbocycles. The van der Waals surface area contributed by atoms with Gasteiger partial charge in [-0.2, -0.15) is 0 Å². The summed E-state index contributed by atoms with van der Waals surface area (Å²) >= 11 is 0. The normalized spacial score (nSPS) is 10.7. The Morgan fingerprint density at radius 3 is 2.33 bits per heavy atom. The molecule has 1 heterocycles. The lowest BCUT2D eigenvalue weighted by atomic mass is 10.1. The van der Waals surface area contributed by atoms with Gasteiger partial charge in [-0.15, -0.1) is 0 Å². The van der Waals surface area contributed by atoms with Gasteiger partial charge in [0.1, 0.15) is 11.6 Å². The summed E-state index contributed by atoms with van der Waals surface area (Å²) in [5.74, 6) is -6.15. The van der Waals surface area contributed by atoms with Gasteiger partial charge < -0.3 is 9.73 Å². The highest BCUT2D eigenvalue weighted by molar-refractivity contribution is 6.02. The maximum atomic E-state index is 13.7. The van der Waals surface area contributed by atoms with Crippen LogP contribution in [0.2, 0.25) is 0 Å². The summed E-state index contributed by atoms with van der Waals surface area (Å²) in [5, 5.41) is 2.07. The molecule has 0 aliphatic heterocycles. The van der Waals surface area contributed by atoms with Crippen molar-refractivity contribution in [1.82, 2.24) is 0 Å². The Morgan fingerprint density at radius 1 is 0.833 bits per heavy atom. The molecule has 0 saturated heterocycles. The molecule has 0 spiro atoms. The van der Waals surface area contributed by atoms with Crippen molar-refractivity contribution in [3.63, 3.8) is 0 Å². The first-order valence-corrected chi connectivity index (χ1v) is 6.77. The van der Waals surface area contributed by atoms with E-state index in [4.69, 9.17) is 4.42 Å². The summed E-state index contributed by atoms with van der Waals surface area (Å²) in [7, 11) is 0. The molecular formula is C17H9F4NO2. The van der Waals surface area contributed by atoms with E-state index in [1.807, 2.05) is 0 Å². The average Bonchev–Trinajstić information content (AvgIpc) is 3.06. The van der Waals surface area contributed by atoms with Crippen molar-refractivity contribution in [3.05, 3.63) is 77.6 Å². The zero-order valence-corrected chi connectivity index (χ0v) is 11.9. The van der Waals surface area contributed by atoms with E-state index in [-0.39, 0.29) is 17.1 Å². The van der Waals surface area contributed by atoms with Crippen LogP contribution in [-0.2, 0) is 0 Å². The number of rotatable bonds is 3. The number of hydrogen-bond acceptors (Lipinski definition) is 2. The van der Waals surface area contributed by atoms with Crippen LogP contribution in [0.1, 0.15) is 10.6 Å². The third-order valence-electron chi connectivity index (χ3n) is 3.25. The second-order valence-electron chi connectivity index (χ2n) is 4.82. The second-order valence-corrected chi connectivity index (χ2v) is 4.82. The molecule has 0 radical (unpaired) electrons. The molecule has 122 valence electrons. The molecule has 1 aromatic heterocycles. The number of benzene rings is 2. The number of nitrogens with one attached hydrogen (secondary N) is 1. The summed E-state index contributed by atoms with van der Waals surface area (Å²) in [5.41, 5.74) is -0.390. The topological polar surface area (TPSA) is 42.2 Å². The van der Waals surface area contributed by atoms with Gasteiger partial charge in [-0.05, 0) is 36.4 Å². The molecule has 0 fully saturated rings. The van der Waals surface area contributed by atoms with Gasteiger partial charge in [0.2, 0.25) is 0 Å². The molecule has 1 N–H and O–H groups in total. The lowest BCUT2D eigenvalue weighted by molar-refractivity contribution is 0.0997. The monoisotopic (exact) mass is 335 g/mol. The Kier molecular flexibility index (Phi) is 4.07. The highest BCUT2D eigenvalue weighted by Gasteiger charge is 2.18. The Balaban J connectivity index is 1.85. The molecule has 2 aromatic carbocycles. The van der Waals surface area contributed by atoms with Gasteiger partial charge in [0.05, 0.1) is 11.3 Å². The molecule has 24 heavy (non-hydrogen) atoms. The standard InChI is InChI=1S/C17H9F4NO2/c18-10-4-2-1-3-9(10)13-7-8-14(24-13)17(23)22-12-6-5-11(19)15(20)16(12)21/h1-8H,(H,22,23). The minimum atomic E-state index is -1.70. The first-order valence-electron chi connectivity index (χ1n) is 6.77. The Morgan fingerprint density at radius 2 is 1.58 bits per heavy atom. The van der Waals surface area contributed by atoms with Gasteiger partial charge in [-0.1, -0.05) is 12.1 Å². The second kappa shape index (κ2) is 6.19. The third-order valence-corrected chi connectivity index (χ3v) is 3.25. The van der Waals surface area contributed by atoms with Crippen LogP contribution in [0.4, 0.5) is 23.2 Å². The van der Waals surface area contributed by atoms with Crippen LogP contribution in [0.25, 0.3) is 11.3 Å². The zero-order chi connectivity index (χ0) is 17.3. The molecule has 3 rings (SSSR count). The van der Waals surface area contributed by atoms with E-state index in [9.17, 15) is 22.4 Å². The zero-order valence-electron chi connectivity index (χ0n) is 11.9. The summed E-state index contributed by atoms with van der Waals surface area (Å²) in [6, 6.07) is 9.98. The minimum Gasteiger partial charge on any atom is -0.451 e. The minimum absolute atomic E-state index is 0.101. The number of anilines is 1. The van der Waals surface area contributed by atoms with Crippen LogP contribution in [0, 0.1) is 23.3 Å². The first-order chi connectivity index (χ1) is 11.5. The summed E-state index contributed by atoms with van der Waals surface area (Å²) < 4.78 is 58.5. The molecule has 7 heteroatoms. The molecule has 1 amide bonds. The lowest BCUT2D eigenvalue weighted by Gasteiger charge is -2.05. The van der Waals surface area contributed by atoms with Crippen molar-refractivity contribution >= 4 is 11.6 Å². The highest BCUT2D eigenvalue weighted by Crippen LogP contribution is 2.26. The van der Waals surface area contributed by atoms with Crippen LogP contribution in [0.3, 0.4) is 0 Å². The van der Waals surface area contributed by atoms with Crippen molar-refractivity contribution in [3.8, 4) is 11.3 Å². The van der Waals surface area contributed by atoms with Crippen LogP contribution < -0.4 is 5.32 Å². The number of carbonyl (C=O) groups is 1. The molecule has 0 unspecified atom stereocenters. The fraction of sp³-hybridized carbons (Fsp3) is 0. The van der Waals surface area contributed by atoms with E-state index < -0.39 is 34.9 Å². The van der Waals surface area contributed by atoms with E-state index in [1.54, 1.807) is 6.07 Å². The molecule has 0 aliphatic rings. The Labute approximate surface area is 133 Å².